The quantitative estimate of drug-likeness (QED) is 0.563. The molecular weight excluding hydrogens is 346 g/mol. The fourth-order valence-electron chi connectivity index (χ4n) is 2.02. The second kappa shape index (κ2) is 5.03. The summed E-state index contributed by atoms with van der Waals surface area (Å²) in [4.78, 5) is 23.4. The molecule has 102 valence electrons. The minimum absolute atomic E-state index is 0.250. The van der Waals surface area contributed by atoms with Crippen LogP contribution in [0.1, 0.15) is 17.3 Å². The van der Waals surface area contributed by atoms with Gasteiger partial charge in [0, 0.05) is 11.6 Å². The summed E-state index contributed by atoms with van der Waals surface area (Å²) in [6.07, 6.45) is 3.12. The van der Waals surface area contributed by atoms with Gasteiger partial charge in [-0.2, -0.15) is 0 Å². The molecule has 5 nitrogen and oxygen atoms in total. The largest absolute Gasteiger partial charge is 0.462 e. The van der Waals surface area contributed by atoms with E-state index in [0.29, 0.717) is 20.7 Å². The smallest absolute Gasteiger partial charge is 0.341 e. The lowest BCUT2D eigenvalue weighted by Gasteiger charge is -2.04. The fourth-order valence-corrected chi connectivity index (χ4v) is 2.61. The summed E-state index contributed by atoms with van der Waals surface area (Å²) >= 11 is 9.60. The van der Waals surface area contributed by atoms with E-state index < -0.39 is 5.97 Å². The van der Waals surface area contributed by atoms with Gasteiger partial charge in [-0.25, -0.2) is 9.78 Å². The number of aromatic nitrogens is 3. The molecule has 1 N–H and O–H groups in total. The van der Waals surface area contributed by atoms with Crippen LogP contribution in [0.4, 0.5) is 0 Å². The Morgan fingerprint density at radius 2 is 2.25 bits per heavy atom. The van der Waals surface area contributed by atoms with Gasteiger partial charge in [0.2, 0.25) is 0 Å². The summed E-state index contributed by atoms with van der Waals surface area (Å²) < 4.78 is 5.66. The average molecular weight is 355 g/mol. The van der Waals surface area contributed by atoms with Crippen LogP contribution in [-0.2, 0) is 4.74 Å². The molecule has 0 unspecified atom stereocenters. The molecule has 0 spiro atoms. The minimum Gasteiger partial charge on any atom is -0.462 e. The van der Waals surface area contributed by atoms with Gasteiger partial charge in [0.15, 0.2) is 0 Å². The number of hydrogen-bond donors (Lipinski definition) is 1. The third-order valence-corrected chi connectivity index (χ3v) is 3.72. The maximum absolute atomic E-state index is 11.8. The zero-order valence-electron chi connectivity index (χ0n) is 10.4. The topological polar surface area (TPSA) is 67.9 Å². The van der Waals surface area contributed by atoms with E-state index in [9.17, 15) is 4.79 Å². The highest BCUT2D eigenvalue weighted by atomic mass is 79.9. The molecule has 7 heteroatoms. The molecule has 3 rings (SSSR count). The first-order chi connectivity index (χ1) is 9.61. The van der Waals surface area contributed by atoms with Crippen molar-refractivity contribution in [1.29, 1.82) is 0 Å². The second-order valence-electron chi connectivity index (χ2n) is 4.11. The molecule has 0 bridgehead atoms. The Kier molecular flexibility index (Phi) is 3.35. The molecule has 0 saturated carbocycles. The lowest BCUT2D eigenvalue weighted by molar-refractivity contribution is 0.0526. The molecule has 3 heterocycles. The Bertz CT molecular complexity index is 831. The summed E-state index contributed by atoms with van der Waals surface area (Å²) in [6.45, 7) is 2.03. The first-order valence-corrected chi connectivity index (χ1v) is 7.07. The van der Waals surface area contributed by atoms with Crippen LogP contribution >= 0.6 is 27.5 Å². The molecule has 0 aliphatic heterocycles. The van der Waals surface area contributed by atoms with Crippen molar-refractivity contribution in [3.63, 3.8) is 0 Å². The number of hydrogen-bond acceptors (Lipinski definition) is 4. The highest BCUT2D eigenvalue weighted by Crippen LogP contribution is 2.31. The van der Waals surface area contributed by atoms with E-state index in [4.69, 9.17) is 16.3 Å². The predicted octanol–water partition coefficient (Wildman–Crippen LogP) is 3.70. The summed E-state index contributed by atoms with van der Waals surface area (Å²) in [5, 5.41) is 1.19. The van der Waals surface area contributed by atoms with Gasteiger partial charge in [0.05, 0.1) is 39.9 Å². The zero-order valence-corrected chi connectivity index (χ0v) is 12.7. The molecule has 0 amide bonds. The molecule has 3 aromatic rings. The molecule has 0 fully saturated rings. The SMILES string of the molecule is CCOC(=O)c1cnc2c([nH]c3cnc(Br)cc32)c1Cl. The van der Waals surface area contributed by atoms with Gasteiger partial charge < -0.3 is 9.72 Å². The van der Waals surface area contributed by atoms with Crippen molar-refractivity contribution in [1.82, 2.24) is 15.0 Å². The first-order valence-electron chi connectivity index (χ1n) is 5.90. The molecule has 0 aliphatic carbocycles. The van der Waals surface area contributed by atoms with Crippen LogP contribution in [-0.4, -0.2) is 27.5 Å². The highest BCUT2D eigenvalue weighted by Gasteiger charge is 2.18. The van der Waals surface area contributed by atoms with Crippen molar-refractivity contribution in [3.05, 3.63) is 33.6 Å². The molecule has 0 saturated heterocycles. The third-order valence-electron chi connectivity index (χ3n) is 2.90. The van der Waals surface area contributed by atoms with Crippen molar-refractivity contribution in [2.45, 2.75) is 6.92 Å². The van der Waals surface area contributed by atoms with Crippen molar-refractivity contribution in [3.8, 4) is 0 Å². The Labute approximate surface area is 127 Å². The normalized spacial score (nSPS) is 11.2. The summed E-state index contributed by atoms with van der Waals surface area (Å²) in [5.41, 5.74) is 2.35. The molecule has 20 heavy (non-hydrogen) atoms. The number of carbonyl (C=O) groups is 1. The van der Waals surface area contributed by atoms with Crippen molar-refractivity contribution in [2.75, 3.05) is 6.61 Å². The first kappa shape index (κ1) is 13.3. The number of aromatic amines is 1. The number of carbonyl (C=O) groups excluding carboxylic acids is 1. The Balaban J connectivity index is 2.28. The number of rotatable bonds is 2. The van der Waals surface area contributed by atoms with Gasteiger partial charge in [0.1, 0.15) is 4.60 Å². The number of nitrogens with one attached hydrogen (secondary N) is 1. The molecule has 3 aromatic heterocycles. The molecule has 0 atom stereocenters. The van der Waals surface area contributed by atoms with E-state index >= 15 is 0 Å². The molecular formula is C13H9BrClN3O2. The van der Waals surface area contributed by atoms with Crippen LogP contribution in [0, 0.1) is 0 Å². The maximum Gasteiger partial charge on any atom is 0.341 e. The number of fused-ring (bicyclic) bond motifs is 3. The Morgan fingerprint density at radius 3 is 3.00 bits per heavy atom. The van der Waals surface area contributed by atoms with Crippen molar-refractivity contribution < 1.29 is 9.53 Å². The van der Waals surface area contributed by atoms with E-state index in [1.807, 2.05) is 6.07 Å². The maximum atomic E-state index is 11.8. The van der Waals surface area contributed by atoms with Crippen molar-refractivity contribution >= 4 is 55.4 Å². The van der Waals surface area contributed by atoms with Crippen LogP contribution in [0.25, 0.3) is 21.9 Å². The number of esters is 1. The number of ether oxygens (including phenoxy) is 1. The van der Waals surface area contributed by atoms with Gasteiger partial charge in [-0.1, -0.05) is 11.6 Å². The highest BCUT2D eigenvalue weighted by molar-refractivity contribution is 9.10. The van der Waals surface area contributed by atoms with E-state index in [-0.39, 0.29) is 12.2 Å². The third kappa shape index (κ3) is 2.05. The predicted molar refractivity (Wildman–Crippen MR) is 80.1 cm³/mol. The van der Waals surface area contributed by atoms with Crippen LogP contribution in [0.5, 0.6) is 0 Å². The van der Waals surface area contributed by atoms with Crippen LogP contribution in [0.2, 0.25) is 5.02 Å². The molecule has 0 aliphatic rings. The summed E-state index contributed by atoms with van der Waals surface area (Å²) in [5.74, 6) is -0.482. The second-order valence-corrected chi connectivity index (χ2v) is 5.30. The van der Waals surface area contributed by atoms with Crippen molar-refractivity contribution in [2.24, 2.45) is 0 Å². The standard InChI is InChI=1S/C13H9BrClN3O2/c1-2-20-13(19)7-4-17-11-6-3-9(14)16-5-8(6)18-12(11)10(7)15/h3-5,18H,2H2,1H3. The average Bonchev–Trinajstić information content (AvgIpc) is 2.78. The van der Waals surface area contributed by atoms with Crippen LogP contribution in [0.3, 0.4) is 0 Å². The molecule has 0 radical (unpaired) electrons. The van der Waals surface area contributed by atoms with Crippen LogP contribution < -0.4 is 0 Å². The van der Waals surface area contributed by atoms with Gasteiger partial charge in [-0.15, -0.1) is 0 Å². The van der Waals surface area contributed by atoms with E-state index in [0.717, 1.165) is 10.9 Å². The summed E-state index contributed by atoms with van der Waals surface area (Å²) in [6, 6.07) is 1.85. The van der Waals surface area contributed by atoms with E-state index in [1.54, 1.807) is 13.1 Å². The van der Waals surface area contributed by atoms with E-state index in [1.165, 1.54) is 6.20 Å². The Morgan fingerprint density at radius 1 is 1.45 bits per heavy atom. The number of halogens is 2. The lowest BCUT2D eigenvalue weighted by Crippen LogP contribution is -2.06. The summed E-state index contributed by atoms with van der Waals surface area (Å²) in [7, 11) is 0. The monoisotopic (exact) mass is 353 g/mol. The van der Waals surface area contributed by atoms with Gasteiger partial charge in [0.25, 0.3) is 0 Å². The van der Waals surface area contributed by atoms with E-state index in [2.05, 4.69) is 30.9 Å². The Hall–Kier alpha value is -1.66. The fraction of sp³-hybridized carbons (Fsp3) is 0.154. The van der Waals surface area contributed by atoms with Crippen LogP contribution in [0.15, 0.2) is 23.1 Å². The van der Waals surface area contributed by atoms with Gasteiger partial charge in [-0.05, 0) is 28.9 Å². The minimum atomic E-state index is -0.482. The van der Waals surface area contributed by atoms with Gasteiger partial charge in [-0.3, -0.25) is 4.98 Å². The molecule has 0 aromatic carbocycles. The number of H-pyrrole nitrogens is 1. The lowest BCUT2D eigenvalue weighted by atomic mass is 10.2. The van der Waals surface area contributed by atoms with Gasteiger partial charge >= 0.3 is 5.97 Å². The number of pyridine rings is 2. The zero-order chi connectivity index (χ0) is 14.3. The number of nitrogens with zero attached hydrogens (tertiary/aromatic N) is 2.